The first-order chi connectivity index (χ1) is 20.6. The molecule has 0 saturated heterocycles. The molecule has 0 aromatic rings. The maximum absolute atomic E-state index is 2.59. The lowest BCUT2D eigenvalue weighted by atomic mass is 9.83. The lowest BCUT2D eigenvalue weighted by molar-refractivity contribution is 0.113. The second kappa shape index (κ2) is 36.7. The fourth-order valence-electron chi connectivity index (χ4n) is 7.25. The van der Waals surface area contributed by atoms with Gasteiger partial charge in [0.2, 0.25) is 0 Å². The maximum Gasteiger partial charge on any atom is 0.0200 e. The van der Waals surface area contributed by atoms with E-state index in [9.17, 15) is 0 Å². The fourth-order valence-corrected chi connectivity index (χ4v) is 7.25. The van der Waals surface area contributed by atoms with Crippen LogP contribution in [0, 0.1) is 0 Å². The quantitative estimate of drug-likeness (QED) is 0.0624. The smallest absolute Gasteiger partial charge is 0.0200 e. The van der Waals surface area contributed by atoms with Gasteiger partial charge in [-0.2, -0.15) is 0 Å². The molecule has 2 heteroatoms. The number of hydrogen-bond acceptors (Lipinski definition) is 1. The molecular formula is C41H86ClN. The van der Waals surface area contributed by atoms with E-state index in [0.29, 0.717) is 5.54 Å². The highest BCUT2D eigenvalue weighted by Crippen LogP contribution is 2.31. The topological polar surface area (TPSA) is 3.24 Å². The van der Waals surface area contributed by atoms with Gasteiger partial charge in [-0.15, -0.1) is 12.4 Å². The van der Waals surface area contributed by atoms with Gasteiger partial charge in [-0.3, -0.25) is 0 Å². The van der Waals surface area contributed by atoms with E-state index in [1.165, 1.54) is 225 Å². The Bertz CT molecular complexity index is 454. The van der Waals surface area contributed by atoms with Gasteiger partial charge in [0.25, 0.3) is 0 Å². The van der Waals surface area contributed by atoms with Crippen LogP contribution in [0.5, 0.6) is 0 Å². The zero-order chi connectivity index (χ0) is 30.8. The van der Waals surface area contributed by atoms with E-state index in [2.05, 4.69) is 39.8 Å². The summed E-state index contributed by atoms with van der Waals surface area (Å²) in [6.07, 6.45) is 50.9. The van der Waals surface area contributed by atoms with Crippen LogP contribution in [-0.2, 0) is 0 Å². The Kier molecular flexibility index (Phi) is 38.7. The van der Waals surface area contributed by atoms with Gasteiger partial charge in [0.15, 0.2) is 0 Å². The van der Waals surface area contributed by atoms with Crippen LogP contribution in [0.2, 0.25) is 0 Å². The molecule has 43 heavy (non-hydrogen) atoms. The van der Waals surface area contributed by atoms with Crippen molar-refractivity contribution >= 4 is 12.4 Å². The van der Waals surface area contributed by atoms with Crippen LogP contribution in [0.4, 0.5) is 0 Å². The van der Waals surface area contributed by atoms with Crippen molar-refractivity contribution in [2.45, 2.75) is 251 Å². The third-order valence-electron chi connectivity index (χ3n) is 10.6. The summed E-state index contributed by atoms with van der Waals surface area (Å²) in [6, 6.07) is 0. The second-order valence-electron chi connectivity index (χ2n) is 14.6. The lowest BCUT2D eigenvalue weighted by Crippen LogP contribution is -2.43. The summed E-state index contributed by atoms with van der Waals surface area (Å²) in [5.41, 5.74) is 0.450. The number of halogens is 1. The van der Waals surface area contributed by atoms with Crippen LogP contribution in [0.15, 0.2) is 0 Å². The summed E-state index contributed by atoms with van der Waals surface area (Å²) in [5, 5.41) is 0. The molecule has 0 radical (unpaired) electrons. The van der Waals surface area contributed by atoms with E-state index < -0.39 is 0 Å². The molecule has 0 unspecified atom stereocenters. The zero-order valence-corrected chi connectivity index (χ0v) is 31.9. The zero-order valence-electron chi connectivity index (χ0n) is 31.1. The Labute approximate surface area is 281 Å². The molecule has 0 aliphatic rings. The first-order valence-electron chi connectivity index (χ1n) is 20.3. The monoisotopic (exact) mass is 628 g/mol. The van der Waals surface area contributed by atoms with Gasteiger partial charge < -0.3 is 4.90 Å². The number of rotatable bonds is 36. The minimum absolute atomic E-state index is 0. The highest BCUT2D eigenvalue weighted by Gasteiger charge is 2.29. The predicted octanol–water partition coefficient (Wildman–Crippen LogP) is 15.4. The average Bonchev–Trinajstić information content (AvgIpc) is 2.99. The highest BCUT2D eigenvalue weighted by molar-refractivity contribution is 5.85. The molecule has 0 heterocycles. The number of unbranched alkanes of at least 4 members (excludes halogenated alkanes) is 30. The molecular weight excluding hydrogens is 542 g/mol. The van der Waals surface area contributed by atoms with Crippen LogP contribution in [-0.4, -0.2) is 24.5 Å². The van der Waals surface area contributed by atoms with E-state index in [4.69, 9.17) is 0 Å². The Hall–Kier alpha value is 0.250. The van der Waals surface area contributed by atoms with Crippen molar-refractivity contribution in [2.24, 2.45) is 0 Å². The first kappa shape index (κ1) is 45.4. The lowest BCUT2D eigenvalue weighted by Gasteiger charge is -2.40. The Morgan fingerprint density at radius 3 is 0.651 bits per heavy atom. The van der Waals surface area contributed by atoms with Gasteiger partial charge in [-0.1, -0.05) is 226 Å². The summed E-state index contributed by atoms with van der Waals surface area (Å²) in [5.74, 6) is 0. The van der Waals surface area contributed by atoms with Crippen LogP contribution >= 0.6 is 12.4 Å². The van der Waals surface area contributed by atoms with Gasteiger partial charge in [-0.25, -0.2) is 0 Å². The molecule has 0 aliphatic heterocycles. The van der Waals surface area contributed by atoms with Gasteiger partial charge in [0, 0.05) is 5.54 Å². The summed E-state index contributed by atoms with van der Waals surface area (Å²) in [7, 11) is 4.70. The maximum atomic E-state index is 2.59. The van der Waals surface area contributed by atoms with E-state index in [-0.39, 0.29) is 12.4 Å². The van der Waals surface area contributed by atoms with E-state index >= 15 is 0 Å². The molecule has 1 nitrogen and oxygen atoms in total. The third-order valence-corrected chi connectivity index (χ3v) is 10.6. The van der Waals surface area contributed by atoms with Gasteiger partial charge in [0.05, 0.1) is 0 Å². The van der Waals surface area contributed by atoms with Gasteiger partial charge in [-0.05, 0) is 33.4 Å². The second-order valence-corrected chi connectivity index (χ2v) is 14.6. The van der Waals surface area contributed by atoms with E-state index in [1.807, 2.05) is 0 Å². The largest absolute Gasteiger partial charge is 0.304 e. The predicted molar refractivity (Wildman–Crippen MR) is 202 cm³/mol. The summed E-state index contributed by atoms with van der Waals surface area (Å²) < 4.78 is 0. The van der Waals surface area contributed by atoms with Crippen molar-refractivity contribution in [3.05, 3.63) is 0 Å². The van der Waals surface area contributed by atoms with Crippen molar-refractivity contribution in [1.29, 1.82) is 0 Å². The number of hydrogen-bond donors (Lipinski definition) is 0. The normalized spacial score (nSPS) is 11.9. The molecule has 0 spiro atoms. The summed E-state index contributed by atoms with van der Waals surface area (Å²) >= 11 is 0. The highest BCUT2D eigenvalue weighted by atomic mass is 35.5. The third kappa shape index (κ3) is 30.7. The summed E-state index contributed by atoms with van der Waals surface area (Å²) in [6.45, 7) is 7.06. The van der Waals surface area contributed by atoms with Crippen LogP contribution in [0.3, 0.4) is 0 Å². The molecule has 0 rings (SSSR count). The molecule has 0 saturated carbocycles. The minimum Gasteiger partial charge on any atom is -0.304 e. The summed E-state index contributed by atoms with van der Waals surface area (Å²) in [4.78, 5) is 2.59. The van der Waals surface area contributed by atoms with E-state index in [0.717, 1.165) is 0 Å². The molecule has 0 aromatic carbocycles. The molecule has 0 N–H and O–H groups in total. The molecule has 0 aliphatic carbocycles. The minimum atomic E-state index is 0. The molecule has 262 valence electrons. The van der Waals surface area contributed by atoms with Gasteiger partial charge in [0.1, 0.15) is 0 Å². The molecule has 0 fully saturated rings. The Morgan fingerprint density at radius 1 is 0.302 bits per heavy atom. The van der Waals surface area contributed by atoms with Crippen molar-refractivity contribution in [3.63, 3.8) is 0 Å². The molecule has 0 amide bonds. The molecule has 0 atom stereocenters. The Balaban J connectivity index is 0. The van der Waals surface area contributed by atoms with Crippen LogP contribution in [0.1, 0.15) is 245 Å². The molecule has 0 aromatic heterocycles. The SMILES string of the molecule is CCCCCCCCCCCCCCCCCCC(CC)(CCCCCCCCCCCCCCCCCC)N(C)C.Cl. The van der Waals surface area contributed by atoms with Crippen molar-refractivity contribution < 1.29 is 0 Å². The first-order valence-corrected chi connectivity index (χ1v) is 20.3. The van der Waals surface area contributed by atoms with Crippen molar-refractivity contribution in [1.82, 2.24) is 4.90 Å². The van der Waals surface area contributed by atoms with Crippen molar-refractivity contribution in [3.8, 4) is 0 Å². The van der Waals surface area contributed by atoms with E-state index in [1.54, 1.807) is 0 Å². The van der Waals surface area contributed by atoms with Crippen LogP contribution in [0.25, 0.3) is 0 Å². The van der Waals surface area contributed by atoms with Crippen molar-refractivity contribution in [2.75, 3.05) is 14.1 Å². The van der Waals surface area contributed by atoms with Crippen LogP contribution < -0.4 is 0 Å². The standard InChI is InChI=1S/C41H85N.ClH/c1-6-9-11-13-15-17-19-21-23-25-27-29-31-33-35-37-39-41(8-3,42(4)5)40-38-36-34-32-30-28-26-24-22-20-18-16-14-12-10-7-2;/h6-40H2,1-5H3;1H. The average molecular weight is 629 g/mol. The van der Waals surface area contributed by atoms with Gasteiger partial charge >= 0.3 is 0 Å². The Morgan fingerprint density at radius 2 is 0.488 bits per heavy atom. The molecule has 0 bridgehead atoms. The fraction of sp³-hybridized carbons (Fsp3) is 1.00. The number of nitrogens with zero attached hydrogens (tertiary/aromatic N) is 1.